The number of carbonyl (C=O) groups is 2. The molecule has 0 saturated heterocycles. The van der Waals surface area contributed by atoms with E-state index in [1.807, 2.05) is 54.6 Å². The molecule has 3 rings (SSSR count). The summed E-state index contributed by atoms with van der Waals surface area (Å²) < 4.78 is 0. The number of hydrogen-bond donors (Lipinski definition) is 2. The molecule has 3 aromatic rings. The van der Waals surface area contributed by atoms with E-state index in [9.17, 15) is 24.8 Å². The molecule has 1 amide bonds. The number of rotatable bonds is 9. The van der Waals surface area contributed by atoms with Crippen molar-refractivity contribution in [2.45, 2.75) is 32.6 Å². The van der Waals surface area contributed by atoms with E-state index in [0.29, 0.717) is 12.8 Å². The fourth-order valence-electron chi connectivity index (χ4n) is 3.64. The molecule has 0 aromatic heterocycles. The minimum Gasteiger partial charge on any atom is -0.478 e. The van der Waals surface area contributed by atoms with Crippen LogP contribution in [-0.2, 0) is 17.6 Å². The van der Waals surface area contributed by atoms with Gasteiger partial charge in [-0.3, -0.25) is 14.9 Å². The number of nitro benzene ring substituents is 1. The van der Waals surface area contributed by atoms with Gasteiger partial charge in [0.15, 0.2) is 0 Å². The van der Waals surface area contributed by atoms with Crippen molar-refractivity contribution in [3.8, 4) is 11.1 Å². The predicted octanol–water partition coefficient (Wildman–Crippen LogP) is 5.48. The van der Waals surface area contributed by atoms with Gasteiger partial charge in [-0.2, -0.15) is 0 Å². The van der Waals surface area contributed by atoms with Crippen molar-refractivity contribution in [1.82, 2.24) is 0 Å². The summed E-state index contributed by atoms with van der Waals surface area (Å²) in [5.41, 5.74) is 3.19. The van der Waals surface area contributed by atoms with E-state index in [-0.39, 0.29) is 41.3 Å². The molecule has 7 heteroatoms. The molecule has 0 aliphatic carbocycles. The third kappa shape index (κ3) is 5.37. The number of aromatic carboxylic acids is 1. The lowest BCUT2D eigenvalue weighted by atomic mass is 10.0. The minimum atomic E-state index is -1.19. The van der Waals surface area contributed by atoms with Crippen molar-refractivity contribution in [3.63, 3.8) is 0 Å². The maximum absolute atomic E-state index is 12.5. The van der Waals surface area contributed by atoms with Crippen LogP contribution in [0.2, 0.25) is 0 Å². The average molecular weight is 432 g/mol. The van der Waals surface area contributed by atoms with E-state index >= 15 is 0 Å². The lowest BCUT2D eigenvalue weighted by molar-refractivity contribution is -0.384. The number of carboxylic acids is 1. The highest BCUT2D eigenvalue weighted by Crippen LogP contribution is 2.32. The zero-order chi connectivity index (χ0) is 23.1. The summed E-state index contributed by atoms with van der Waals surface area (Å²) in [6, 6.07) is 20.5. The van der Waals surface area contributed by atoms with Gasteiger partial charge in [0.1, 0.15) is 5.69 Å². The quantitative estimate of drug-likeness (QED) is 0.343. The molecule has 7 nitrogen and oxygen atoms in total. The number of hydrogen-bond acceptors (Lipinski definition) is 4. The van der Waals surface area contributed by atoms with E-state index in [2.05, 4.69) is 5.32 Å². The Hall–Kier alpha value is -4.00. The Balaban J connectivity index is 1.64. The molecule has 0 radical (unpaired) electrons. The number of nitrogens with zero attached hydrogens (tertiary/aromatic N) is 1. The first-order chi connectivity index (χ1) is 15.4. The number of amides is 1. The van der Waals surface area contributed by atoms with Gasteiger partial charge in [-0.1, -0.05) is 61.5 Å². The van der Waals surface area contributed by atoms with Gasteiger partial charge in [0.05, 0.1) is 10.5 Å². The first kappa shape index (κ1) is 22.7. The van der Waals surface area contributed by atoms with E-state index < -0.39 is 10.9 Å². The van der Waals surface area contributed by atoms with Crippen molar-refractivity contribution in [2.75, 3.05) is 5.32 Å². The molecule has 0 unspecified atom stereocenters. The Kier molecular flexibility index (Phi) is 7.33. The number of carboxylic acid groups (broad SMARTS) is 1. The van der Waals surface area contributed by atoms with Gasteiger partial charge in [0.2, 0.25) is 5.91 Å². The first-order valence-electron chi connectivity index (χ1n) is 10.4. The zero-order valence-electron chi connectivity index (χ0n) is 17.7. The number of carbonyl (C=O) groups excluding carboxylic acids is 1. The SMILES string of the molecule is CCc1c(C(=O)O)ccc([N+](=O)[O-])c1NC(=O)CCCc1ccc(-c2ccccc2)cc1. The first-order valence-corrected chi connectivity index (χ1v) is 10.4. The molecule has 0 aliphatic heterocycles. The van der Waals surface area contributed by atoms with Crippen LogP contribution in [0.3, 0.4) is 0 Å². The highest BCUT2D eigenvalue weighted by atomic mass is 16.6. The molecule has 32 heavy (non-hydrogen) atoms. The molecule has 0 bridgehead atoms. The highest BCUT2D eigenvalue weighted by Gasteiger charge is 2.24. The second-order valence-electron chi connectivity index (χ2n) is 7.37. The maximum Gasteiger partial charge on any atom is 0.336 e. The number of benzene rings is 3. The molecular formula is C25H24N2O5. The fraction of sp³-hybridized carbons (Fsp3) is 0.200. The molecule has 3 aromatic carbocycles. The van der Waals surface area contributed by atoms with E-state index in [0.717, 1.165) is 22.8 Å². The molecule has 2 N–H and O–H groups in total. The lowest BCUT2D eigenvalue weighted by Gasteiger charge is -2.13. The second-order valence-corrected chi connectivity index (χ2v) is 7.37. The topological polar surface area (TPSA) is 110 Å². The summed E-state index contributed by atoms with van der Waals surface area (Å²) in [7, 11) is 0. The minimum absolute atomic E-state index is 0.0328. The van der Waals surface area contributed by atoms with Gasteiger partial charge in [0.25, 0.3) is 5.69 Å². The zero-order valence-corrected chi connectivity index (χ0v) is 17.7. The molecule has 0 saturated carbocycles. The van der Waals surface area contributed by atoms with Gasteiger partial charge in [-0.05, 0) is 47.6 Å². The Labute approximate surface area is 185 Å². The van der Waals surface area contributed by atoms with Crippen LogP contribution in [0.5, 0.6) is 0 Å². The van der Waals surface area contributed by atoms with Crippen molar-refractivity contribution in [3.05, 3.63) is 93.5 Å². The molecule has 0 spiro atoms. The van der Waals surface area contributed by atoms with Crippen molar-refractivity contribution < 1.29 is 19.6 Å². The molecule has 0 fully saturated rings. The lowest BCUT2D eigenvalue weighted by Crippen LogP contribution is -2.16. The van der Waals surface area contributed by atoms with Crippen LogP contribution in [-0.4, -0.2) is 21.9 Å². The predicted molar refractivity (Wildman–Crippen MR) is 123 cm³/mol. The van der Waals surface area contributed by atoms with Crippen LogP contribution in [0.1, 0.15) is 41.3 Å². The largest absolute Gasteiger partial charge is 0.478 e. The van der Waals surface area contributed by atoms with Gasteiger partial charge < -0.3 is 10.4 Å². The third-order valence-corrected chi connectivity index (χ3v) is 5.27. The monoisotopic (exact) mass is 432 g/mol. The van der Waals surface area contributed by atoms with E-state index in [1.54, 1.807) is 6.92 Å². The summed E-state index contributed by atoms with van der Waals surface area (Å²) in [6.45, 7) is 1.69. The van der Waals surface area contributed by atoms with Crippen LogP contribution in [0, 0.1) is 10.1 Å². The summed E-state index contributed by atoms with van der Waals surface area (Å²) in [5.74, 6) is -1.57. The summed E-state index contributed by atoms with van der Waals surface area (Å²) in [4.78, 5) is 34.7. The van der Waals surface area contributed by atoms with Crippen LogP contribution >= 0.6 is 0 Å². The number of nitrogens with one attached hydrogen (secondary N) is 1. The molecule has 0 heterocycles. The van der Waals surface area contributed by atoms with Gasteiger partial charge in [-0.25, -0.2) is 4.79 Å². The summed E-state index contributed by atoms with van der Waals surface area (Å²) in [6.07, 6.45) is 1.65. The van der Waals surface area contributed by atoms with Gasteiger partial charge >= 0.3 is 5.97 Å². The molecule has 0 aliphatic rings. The van der Waals surface area contributed by atoms with Gasteiger partial charge in [-0.15, -0.1) is 0 Å². The van der Waals surface area contributed by atoms with Crippen LogP contribution < -0.4 is 5.32 Å². The van der Waals surface area contributed by atoms with Gasteiger partial charge in [0, 0.05) is 12.5 Å². The Morgan fingerprint density at radius 2 is 1.62 bits per heavy atom. The van der Waals surface area contributed by atoms with Crippen LogP contribution in [0.4, 0.5) is 11.4 Å². The third-order valence-electron chi connectivity index (χ3n) is 5.27. The van der Waals surface area contributed by atoms with Crippen molar-refractivity contribution >= 4 is 23.3 Å². The van der Waals surface area contributed by atoms with Crippen LogP contribution in [0.25, 0.3) is 11.1 Å². The summed E-state index contributed by atoms with van der Waals surface area (Å²) >= 11 is 0. The van der Waals surface area contributed by atoms with Crippen molar-refractivity contribution in [2.24, 2.45) is 0 Å². The number of nitro groups is 1. The van der Waals surface area contributed by atoms with Crippen molar-refractivity contribution in [1.29, 1.82) is 0 Å². The molecular weight excluding hydrogens is 408 g/mol. The number of aryl methyl sites for hydroxylation is 1. The number of anilines is 1. The Morgan fingerprint density at radius 3 is 2.22 bits per heavy atom. The normalized spacial score (nSPS) is 10.5. The second kappa shape index (κ2) is 10.3. The summed E-state index contributed by atoms with van der Waals surface area (Å²) in [5, 5.41) is 23.3. The van der Waals surface area contributed by atoms with E-state index in [1.165, 1.54) is 6.07 Å². The standard InChI is InChI=1S/C25H24N2O5/c1-2-20-21(25(29)30)15-16-22(27(31)32)24(20)26-23(28)10-6-7-17-11-13-19(14-12-17)18-8-4-3-5-9-18/h3-5,8-9,11-16H,2,6-7,10H2,1H3,(H,26,28)(H,29,30). The fourth-order valence-corrected chi connectivity index (χ4v) is 3.64. The Morgan fingerprint density at radius 1 is 0.969 bits per heavy atom. The molecule has 164 valence electrons. The Bertz CT molecular complexity index is 1130. The molecule has 0 atom stereocenters. The highest BCUT2D eigenvalue weighted by molar-refractivity contribution is 5.98. The maximum atomic E-state index is 12.5. The van der Waals surface area contributed by atoms with E-state index in [4.69, 9.17) is 0 Å². The average Bonchev–Trinajstić information content (AvgIpc) is 2.79. The smallest absolute Gasteiger partial charge is 0.336 e. The van der Waals surface area contributed by atoms with Crippen LogP contribution in [0.15, 0.2) is 66.7 Å².